The maximum atomic E-state index is 13.3. The van der Waals surface area contributed by atoms with Crippen molar-refractivity contribution in [3.63, 3.8) is 0 Å². The van der Waals surface area contributed by atoms with Crippen LogP contribution < -0.4 is 0 Å². The van der Waals surface area contributed by atoms with Crippen LogP contribution in [0.25, 0.3) is 17.3 Å². The lowest BCUT2D eigenvalue weighted by Crippen LogP contribution is -2.17. The molecule has 8 heteroatoms. The highest BCUT2D eigenvalue weighted by Gasteiger charge is 2.18. The molecule has 2 aromatic rings. The van der Waals surface area contributed by atoms with Crippen molar-refractivity contribution in [2.75, 3.05) is 7.11 Å². The average Bonchev–Trinajstić information content (AvgIpc) is 2.66. The molecule has 0 saturated carbocycles. The first-order valence-corrected chi connectivity index (χ1v) is 9.38. The van der Waals surface area contributed by atoms with Crippen molar-refractivity contribution >= 4 is 29.4 Å². The van der Waals surface area contributed by atoms with Gasteiger partial charge in [-0.3, -0.25) is 9.59 Å². The summed E-state index contributed by atoms with van der Waals surface area (Å²) < 4.78 is 17.8. The molecule has 1 unspecified atom stereocenters. The van der Waals surface area contributed by atoms with Crippen molar-refractivity contribution in [1.29, 1.82) is 0 Å². The number of aliphatic hydroxyl groups excluding tert-OH is 1. The molecule has 0 spiro atoms. The number of rotatable bonds is 8. The van der Waals surface area contributed by atoms with E-state index in [0.29, 0.717) is 22.5 Å². The third kappa shape index (κ3) is 6.44. The molecule has 1 aromatic carbocycles. The molecule has 1 aromatic heterocycles. The van der Waals surface area contributed by atoms with E-state index in [1.165, 1.54) is 25.3 Å². The fraction of sp³-hybridized carbons (Fsp3) is 0.333. The number of nitrogens with zero attached hydrogens (tertiary/aromatic N) is 2. The summed E-state index contributed by atoms with van der Waals surface area (Å²) in [5.74, 6) is -1.38. The maximum Gasteiger partial charge on any atom is 0.308 e. The third-order valence-electron chi connectivity index (χ3n) is 4.12. The Hall–Kier alpha value is -2.64. The number of allylic oxidation sites excluding steroid dienone is 1. The smallest absolute Gasteiger partial charge is 0.308 e. The van der Waals surface area contributed by atoms with Crippen LogP contribution in [-0.2, 0) is 14.3 Å². The zero-order valence-electron chi connectivity index (χ0n) is 16.4. The predicted molar refractivity (Wildman–Crippen MR) is 108 cm³/mol. The van der Waals surface area contributed by atoms with Crippen LogP contribution in [0.15, 0.2) is 30.3 Å². The van der Waals surface area contributed by atoms with Crippen LogP contribution >= 0.6 is 11.6 Å². The Balaban J connectivity index is 2.37. The number of hydrogen-bond donors (Lipinski definition) is 1. The van der Waals surface area contributed by atoms with Crippen molar-refractivity contribution in [2.24, 2.45) is 0 Å². The van der Waals surface area contributed by atoms with Crippen LogP contribution in [0, 0.1) is 5.82 Å². The lowest BCUT2D eigenvalue weighted by Gasteiger charge is -2.14. The highest BCUT2D eigenvalue weighted by atomic mass is 35.5. The summed E-state index contributed by atoms with van der Waals surface area (Å²) in [6, 6.07) is 5.75. The van der Waals surface area contributed by atoms with Crippen LogP contribution in [-0.4, -0.2) is 40.0 Å². The summed E-state index contributed by atoms with van der Waals surface area (Å²) in [6.45, 7) is 3.85. The molecule has 154 valence electrons. The van der Waals surface area contributed by atoms with Gasteiger partial charge in [-0.25, -0.2) is 14.4 Å². The third-order valence-corrected chi connectivity index (χ3v) is 4.28. The quantitative estimate of drug-likeness (QED) is 0.395. The maximum absolute atomic E-state index is 13.3. The minimum atomic E-state index is -1.14. The van der Waals surface area contributed by atoms with Gasteiger partial charge in [-0.2, -0.15) is 0 Å². The molecule has 0 fully saturated rings. The van der Waals surface area contributed by atoms with Crippen LogP contribution in [0.3, 0.4) is 0 Å². The number of ether oxygens (including phenoxy) is 1. The number of aromatic nitrogens is 2. The summed E-state index contributed by atoms with van der Waals surface area (Å²) >= 11 is 6.08. The van der Waals surface area contributed by atoms with Gasteiger partial charge in [-0.05, 0) is 53.9 Å². The van der Waals surface area contributed by atoms with Gasteiger partial charge >= 0.3 is 5.97 Å². The molecule has 1 atom stereocenters. The van der Waals surface area contributed by atoms with E-state index < -0.39 is 12.1 Å². The van der Waals surface area contributed by atoms with Gasteiger partial charge in [0.05, 0.1) is 31.0 Å². The number of benzene rings is 1. The number of halogens is 2. The van der Waals surface area contributed by atoms with Gasteiger partial charge in [0.15, 0.2) is 5.78 Å². The van der Waals surface area contributed by atoms with E-state index in [9.17, 15) is 19.1 Å². The number of esters is 1. The van der Waals surface area contributed by atoms with Gasteiger partial charge in [0.25, 0.3) is 0 Å². The molecule has 0 aliphatic heterocycles. The second kappa shape index (κ2) is 10.2. The fourth-order valence-electron chi connectivity index (χ4n) is 2.72. The second-order valence-electron chi connectivity index (χ2n) is 6.74. The Morgan fingerprint density at radius 3 is 2.45 bits per heavy atom. The van der Waals surface area contributed by atoms with E-state index in [1.807, 2.05) is 13.8 Å². The number of ketones is 1. The Morgan fingerprint density at radius 1 is 1.21 bits per heavy atom. The monoisotopic (exact) mass is 420 g/mol. The Morgan fingerprint density at radius 2 is 1.86 bits per heavy atom. The lowest BCUT2D eigenvalue weighted by atomic mass is 9.97. The Kier molecular flexibility index (Phi) is 7.99. The van der Waals surface area contributed by atoms with Crippen LogP contribution in [0.4, 0.5) is 4.39 Å². The van der Waals surface area contributed by atoms with Crippen molar-refractivity contribution in [3.05, 3.63) is 52.7 Å². The molecule has 0 saturated heterocycles. The molecule has 6 nitrogen and oxygen atoms in total. The number of hydrogen-bond acceptors (Lipinski definition) is 6. The van der Waals surface area contributed by atoms with E-state index in [1.54, 1.807) is 18.2 Å². The lowest BCUT2D eigenvalue weighted by molar-refractivity contribution is -0.143. The second-order valence-corrected chi connectivity index (χ2v) is 7.08. The molecular weight excluding hydrogens is 399 g/mol. The minimum Gasteiger partial charge on any atom is -0.469 e. The summed E-state index contributed by atoms with van der Waals surface area (Å²) in [5, 5.41) is 9.87. The fourth-order valence-corrected chi connectivity index (χ4v) is 2.89. The number of aliphatic hydroxyl groups is 1. The molecule has 0 aliphatic carbocycles. The number of methoxy groups -OCH3 is 1. The van der Waals surface area contributed by atoms with Crippen LogP contribution in [0.2, 0.25) is 5.28 Å². The Labute approximate surface area is 173 Å². The first-order chi connectivity index (χ1) is 13.7. The van der Waals surface area contributed by atoms with Gasteiger partial charge in [-0.1, -0.05) is 13.8 Å². The van der Waals surface area contributed by atoms with Gasteiger partial charge in [0.2, 0.25) is 5.28 Å². The van der Waals surface area contributed by atoms with E-state index >= 15 is 0 Å². The molecule has 1 heterocycles. The van der Waals surface area contributed by atoms with E-state index in [2.05, 4.69) is 14.7 Å². The predicted octanol–water partition coefficient (Wildman–Crippen LogP) is 3.96. The zero-order valence-corrected chi connectivity index (χ0v) is 17.1. The van der Waals surface area contributed by atoms with E-state index in [4.69, 9.17) is 11.6 Å². The number of carbonyl (C=O) groups is 2. The summed E-state index contributed by atoms with van der Waals surface area (Å²) in [5.41, 5.74) is 2.29. The molecule has 0 aliphatic rings. The molecule has 0 amide bonds. The van der Waals surface area contributed by atoms with E-state index in [-0.39, 0.29) is 35.6 Å². The average molecular weight is 421 g/mol. The van der Waals surface area contributed by atoms with Crippen molar-refractivity contribution in [3.8, 4) is 11.3 Å². The van der Waals surface area contributed by atoms with Crippen molar-refractivity contribution in [2.45, 2.75) is 38.7 Å². The summed E-state index contributed by atoms with van der Waals surface area (Å²) in [6.07, 6.45) is 1.22. The molecule has 2 rings (SSSR count). The first kappa shape index (κ1) is 22.6. The largest absolute Gasteiger partial charge is 0.469 e. The van der Waals surface area contributed by atoms with Gasteiger partial charge in [0, 0.05) is 17.5 Å². The summed E-state index contributed by atoms with van der Waals surface area (Å²) in [7, 11) is 1.21. The van der Waals surface area contributed by atoms with E-state index in [0.717, 1.165) is 0 Å². The Bertz CT molecular complexity index is 914. The summed E-state index contributed by atoms with van der Waals surface area (Å²) in [4.78, 5) is 32.0. The van der Waals surface area contributed by atoms with Crippen LogP contribution in [0.5, 0.6) is 0 Å². The molecule has 0 bridgehead atoms. The van der Waals surface area contributed by atoms with Crippen molar-refractivity contribution in [1.82, 2.24) is 9.97 Å². The topological polar surface area (TPSA) is 89.4 Å². The molecule has 1 N–H and O–H groups in total. The number of carbonyl (C=O) groups excluding carboxylic acids is 2. The molecule has 0 radical (unpaired) electrons. The van der Waals surface area contributed by atoms with Gasteiger partial charge in [-0.15, -0.1) is 0 Å². The van der Waals surface area contributed by atoms with Crippen LogP contribution in [0.1, 0.15) is 43.9 Å². The van der Waals surface area contributed by atoms with Crippen molar-refractivity contribution < 1.29 is 23.8 Å². The molecule has 29 heavy (non-hydrogen) atoms. The zero-order chi connectivity index (χ0) is 21.6. The normalized spacial score (nSPS) is 12.4. The SMILES string of the molecule is COC(=O)CC(O)CC(=O)C=Cc1c(-c2ccc(F)cc2)nc(Cl)nc1C(C)C. The van der Waals surface area contributed by atoms with Gasteiger partial charge in [0.1, 0.15) is 5.82 Å². The standard InChI is InChI=1S/C21H22ClFN2O4/c1-12(2)19-17(9-8-15(26)10-16(27)11-18(28)29-3)20(25-21(22)24-19)13-4-6-14(23)7-5-13/h4-9,12,16,27H,10-11H2,1-3H3. The first-order valence-electron chi connectivity index (χ1n) is 9.00. The van der Waals surface area contributed by atoms with Gasteiger partial charge < -0.3 is 9.84 Å². The highest BCUT2D eigenvalue weighted by molar-refractivity contribution is 6.28. The minimum absolute atomic E-state index is 0.0191. The highest BCUT2D eigenvalue weighted by Crippen LogP contribution is 2.30. The molecular formula is C21H22ClFN2O4.